The molecule has 23 heavy (non-hydrogen) atoms. The van der Waals surface area contributed by atoms with Crippen LogP contribution >= 0.6 is 24.0 Å². The van der Waals surface area contributed by atoms with Crippen molar-refractivity contribution in [1.29, 1.82) is 0 Å². The van der Waals surface area contributed by atoms with Crippen LogP contribution in [0.1, 0.15) is 52.0 Å². The molecule has 1 aromatic heterocycles. The van der Waals surface area contributed by atoms with Crippen LogP contribution in [0.5, 0.6) is 0 Å². The summed E-state index contributed by atoms with van der Waals surface area (Å²) in [5, 5.41) is 4.01. The second-order valence-electron chi connectivity index (χ2n) is 7.05. The average molecular weight is 436 g/mol. The number of likely N-dealkylation sites (tertiary alicyclic amines) is 1. The number of ether oxygens (including phenoxy) is 1. The van der Waals surface area contributed by atoms with Gasteiger partial charge in [0.15, 0.2) is 11.7 Å². The Balaban J connectivity index is 0.00000264. The lowest BCUT2D eigenvalue weighted by Gasteiger charge is -2.31. The number of aliphatic imine (C=N–C) groups is 1. The van der Waals surface area contributed by atoms with Gasteiger partial charge in [-0.1, -0.05) is 12.1 Å². The zero-order chi connectivity index (χ0) is 16.2. The largest absolute Gasteiger partial charge is 0.370 e. The van der Waals surface area contributed by atoms with Gasteiger partial charge >= 0.3 is 0 Å². The number of hydrogen-bond donors (Lipinski definition) is 1. The summed E-state index contributed by atoms with van der Waals surface area (Å²) in [4.78, 5) is 6.58. The van der Waals surface area contributed by atoms with E-state index >= 15 is 0 Å². The number of rotatable bonds is 4. The van der Waals surface area contributed by atoms with Gasteiger partial charge in [-0.15, -0.1) is 24.0 Å². The minimum Gasteiger partial charge on any atom is -0.370 e. The molecular formula is C16H29IN4O2. The summed E-state index contributed by atoms with van der Waals surface area (Å²) < 4.78 is 10.9. The van der Waals surface area contributed by atoms with Crippen molar-refractivity contribution < 1.29 is 9.26 Å². The molecule has 2 rings (SSSR count). The number of nitrogens with zero attached hydrogens (tertiary/aromatic N) is 3. The van der Waals surface area contributed by atoms with Gasteiger partial charge in [0.25, 0.3) is 0 Å². The van der Waals surface area contributed by atoms with Crippen molar-refractivity contribution in [1.82, 2.24) is 10.1 Å². The van der Waals surface area contributed by atoms with Gasteiger partial charge in [-0.05, 0) is 39.5 Å². The molecule has 1 aliphatic rings. The molecule has 2 heterocycles. The molecule has 0 saturated carbocycles. The fourth-order valence-electron chi connectivity index (χ4n) is 2.45. The minimum absolute atomic E-state index is 0. The Morgan fingerprint density at radius 2 is 2.26 bits per heavy atom. The van der Waals surface area contributed by atoms with Crippen molar-refractivity contribution in [2.45, 2.75) is 59.3 Å². The summed E-state index contributed by atoms with van der Waals surface area (Å²) >= 11 is 0. The summed E-state index contributed by atoms with van der Waals surface area (Å²) in [5.74, 6) is 1.99. The quantitative estimate of drug-likeness (QED) is 0.446. The van der Waals surface area contributed by atoms with Crippen molar-refractivity contribution >= 4 is 29.9 Å². The number of halogens is 1. The number of piperidine rings is 1. The first-order valence-electron chi connectivity index (χ1n) is 7.97. The molecule has 0 bridgehead atoms. The van der Waals surface area contributed by atoms with E-state index in [1.807, 2.05) is 26.8 Å². The summed E-state index contributed by atoms with van der Waals surface area (Å²) in [6.45, 7) is 11.1. The van der Waals surface area contributed by atoms with Crippen LogP contribution in [0.3, 0.4) is 0 Å². The van der Waals surface area contributed by atoms with Crippen LogP contribution in [0.2, 0.25) is 0 Å². The number of aromatic nitrogens is 1. The third kappa shape index (κ3) is 7.07. The molecule has 1 atom stereocenters. The molecule has 1 fully saturated rings. The van der Waals surface area contributed by atoms with E-state index in [1.165, 1.54) is 12.8 Å². The van der Waals surface area contributed by atoms with Crippen LogP contribution in [0.15, 0.2) is 15.6 Å². The Morgan fingerprint density at radius 3 is 2.91 bits per heavy atom. The lowest BCUT2D eigenvalue weighted by molar-refractivity contribution is -0.0241. The zero-order valence-electron chi connectivity index (χ0n) is 14.5. The third-order valence-corrected chi connectivity index (χ3v) is 3.64. The molecule has 1 unspecified atom stereocenters. The SMILES string of the molecule is CC1CCCN(C(N)=NCc2cc(COC(C)(C)C)on2)C1.I. The zero-order valence-corrected chi connectivity index (χ0v) is 16.9. The summed E-state index contributed by atoms with van der Waals surface area (Å²) in [6, 6.07) is 1.88. The normalized spacial score (nSPS) is 19.6. The van der Waals surface area contributed by atoms with Gasteiger partial charge in [-0.25, -0.2) is 4.99 Å². The highest BCUT2D eigenvalue weighted by Crippen LogP contribution is 2.16. The monoisotopic (exact) mass is 436 g/mol. The fourth-order valence-corrected chi connectivity index (χ4v) is 2.45. The molecule has 132 valence electrons. The van der Waals surface area contributed by atoms with Gasteiger partial charge in [0.2, 0.25) is 0 Å². The number of guanidine groups is 1. The van der Waals surface area contributed by atoms with Gasteiger partial charge in [0.1, 0.15) is 12.3 Å². The molecular weight excluding hydrogens is 407 g/mol. The Hall–Kier alpha value is -0.830. The van der Waals surface area contributed by atoms with Crippen molar-refractivity contribution in [3.63, 3.8) is 0 Å². The molecule has 6 nitrogen and oxygen atoms in total. The highest BCUT2D eigenvalue weighted by molar-refractivity contribution is 14.0. The molecule has 2 N–H and O–H groups in total. The van der Waals surface area contributed by atoms with E-state index in [4.69, 9.17) is 15.0 Å². The highest BCUT2D eigenvalue weighted by atomic mass is 127. The van der Waals surface area contributed by atoms with Crippen LogP contribution in [0, 0.1) is 5.92 Å². The van der Waals surface area contributed by atoms with Crippen LogP contribution in [-0.2, 0) is 17.9 Å². The van der Waals surface area contributed by atoms with E-state index in [1.54, 1.807) is 0 Å². The molecule has 1 aromatic rings. The second-order valence-corrected chi connectivity index (χ2v) is 7.05. The topological polar surface area (TPSA) is 76.9 Å². The maximum atomic E-state index is 6.07. The summed E-state index contributed by atoms with van der Waals surface area (Å²) in [5.41, 5.74) is 6.66. The molecule has 1 aliphatic heterocycles. The fraction of sp³-hybridized carbons (Fsp3) is 0.750. The Labute approximate surface area is 155 Å². The van der Waals surface area contributed by atoms with Crippen molar-refractivity contribution in [2.24, 2.45) is 16.6 Å². The minimum atomic E-state index is -0.194. The lowest BCUT2D eigenvalue weighted by Crippen LogP contribution is -2.43. The van der Waals surface area contributed by atoms with Gasteiger partial charge in [0, 0.05) is 19.2 Å². The van der Waals surface area contributed by atoms with E-state index in [0.29, 0.717) is 30.8 Å². The van der Waals surface area contributed by atoms with Gasteiger partial charge < -0.3 is 19.9 Å². The maximum absolute atomic E-state index is 6.07. The van der Waals surface area contributed by atoms with E-state index in [9.17, 15) is 0 Å². The van der Waals surface area contributed by atoms with Crippen molar-refractivity contribution in [3.8, 4) is 0 Å². The first-order valence-corrected chi connectivity index (χ1v) is 7.97. The Morgan fingerprint density at radius 1 is 1.52 bits per heavy atom. The lowest BCUT2D eigenvalue weighted by atomic mass is 10.0. The van der Waals surface area contributed by atoms with Crippen LogP contribution < -0.4 is 5.73 Å². The van der Waals surface area contributed by atoms with E-state index in [0.717, 1.165) is 18.8 Å². The third-order valence-electron chi connectivity index (χ3n) is 3.64. The predicted molar refractivity (Wildman–Crippen MR) is 102 cm³/mol. The van der Waals surface area contributed by atoms with E-state index in [-0.39, 0.29) is 29.6 Å². The number of hydrogen-bond acceptors (Lipinski definition) is 4. The molecule has 7 heteroatoms. The van der Waals surface area contributed by atoms with Crippen LogP contribution in [-0.4, -0.2) is 34.7 Å². The first kappa shape index (κ1) is 20.2. The average Bonchev–Trinajstić information content (AvgIpc) is 2.90. The first-order chi connectivity index (χ1) is 10.3. The Kier molecular flexibility index (Phi) is 7.79. The molecule has 0 aromatic carbocycles. The molecule has 0 amide bonds. The second kappa shape index (κ2) is 8.86. The summed E-state index contributed by atoms with van der Waals surface area (Å²) in [6.07, 6.45) is 2.44. The highest BCUT2D eigenvalue weighted by Gasteiger charge is 2.18. The van der Waals surface area contributed by atoms with Crippen LogP contribution in [0.4, 0.5) is 0 Å². The van der Waals surface area contributed by atoms with Gasteiger partial charge in [-0.3, -0.25) is 0 Å². The van der Waals surface area contributed by atoms with Crippen molar-refractivity contribution in [3.05, 3.63) is 17.5 Å². The van der Waals surface area contributed by atoms with E-state index < -0.39 is 0 Å². The smallest absolute Gasteiger partial charge is 0.191 e. The summed E-state index contributed by atoms with van der Waals surface area (Å²) in [7, 11) is 0. The Bertz CT molecular complexity index is 510. The van der Waals surface area contributed by atoms with Crippen LogP contribution in [0.25, 0.3) is 0 Å². The number of nitrogens with two attached hydrogens (primary N) is 1. The van der Waals surface area contributed by atoms with Gasteiger partial charge in [-0.2, -0.15) is 0 Å². The van der Waals surface area contributed by atoms with Crippen molar-refractivity contribution in [2.75, 3.05) is 13.1 Å². The van der Waals surface area contributed by atoms with Gasteiger partial charge in [0.05, 0.1) is 12.1 Å². The molecule has 0 aliphatic carbocycles. The molecule has 1 saturated heterocycles. The molecule has 0 spiro atoms. The predicted octanol–water partition coefficient (Wildman–Crippen LogP) is 3.15. The standard InChI is InChI=1S/C16H28N4O2.HI/c1-12-6-5-7-20(10-12)15(17)18-9-13-8-14(22-19-13)11-21-16(2,3)4;/h8,12H,5-7,9-11H2,1-4H3,(H2,17,18);1H. The van der Waals surface area contributed by atoms with E-state index in [2.05, 4.69) is 22.0 Å². The maximum Gasteiger partial charge on any atom is 0.191 e. The molecule has 0 radical (unpaired) electrons.